The first kappa shape index (κ1) is 16.0. The smallest absolute Gasteiger partial charge is 0.149 e. The summed E-state index contributed by atoms with van der Waals surface area (Å²) >= 11 is 6.13. The predicted molar refractivity (Wildman–Crippen MR) is 85.8 cm³/mol. The number of rotatable bonds is 7. The van der Waals surface area contributed by atoms with E-state index in [2.05, 4.69) is 10.3 Å². The van der Waals surface area contributed by atoms with Gasteiger partial charge in [0.1, 0.15) is 20.8 Å². The lowest BCUT2D eigenvalue weighted by Crippen LogP contribution is -2.15. The zero-order chi connectivity index (χ0) is 15.3. The van der Waals surface area contributed by atoms with Gasteiger partial charge in [-0.2, -0.15) is 0 Å². The number of sulfone groups is 1. The van der Waals surface area contributed by atoms with E-state index in [1.807, 2.05) is 30.3 Å². The van der Waals surface area contributed by atoms with Gasteiger partial charge in [-0.1, -0.05) is 35.9 Å². The number of pyridine rings is 1. The zero-order valence-corrected chi connectivity index (χ0v) is 13.2. The van der Waals surface area contributed by atoms with Crippen LogP contribution in [0.3, 0.4) is 0 Å². The third-order valence-corrected chi connectivity index (χ3v) is 4.04. The number of benzene rings is 1. The van der Waals surface area contributed by atoms with Gasteiger partial charge in [0.25, 0.3) is 0 Å². The molecule has 0 amide bonds. The number of hydrogen-bond donors (Lipinski definition) is 1. The van der Waals surface area contributed by atoms with Crippen molar-refractivity contribution in [3.63, 3.8) is 0 Å². The molecule has 0 saturated carbocycles. The molecule has 21 heavy (non-hydrogen) atoms. The minimum absolute atomic E-state index is 0.0348. The van der Waals surface area contributed by atoms with E-state index in [1.54, 1.807) is 0 Å². The maximum Gasteiger partial charge on any atom is 0.149 e. The molecule has 0 aliphatic carbocycles. The van der Waals surface area contributed by atoms with Crippen LogP contribution in [0.15, 0.2) is 30.3 Å². The summed E-state index contributed by atoms with van der Waals surface area (Å²) < 4.78 is 27.1. The second kappa shape index (κ2) is 7.06. The number of nitrogens with zero attached hydrogens (tertiary/aromatic N) is 1. The number of hydrogen-bond acceptors (Lipinski definition) is 5. The Hall–Kier alpha value is -1.37. The van der Waals surface area contributed by atoms with Crippen molar-refractivity contribution in [1.29, 1.82) is 0 Å². The Morgan fingerprint density at radius 2 is 2.05 bits per heavy atom. The van der Waals surface area contributed by atoms with E-state index < -0.39 is 9.84 Å². The van der Waals surface area contributed by atoms with Crippen molar-refractivity contribution in [2.24, 2.45) is 0 Å². The van der Waals surface area contributed by atoms with Crippen molar-refractivity contribution in [2.45, 2.75) is 0 Å². The maximum absolute atomic E-state index is 10.9. The van der Waals surface area contributed by atoms with Gasteiger partial charge in [-0.05, 0) is 11.5 Å². The largest absolute Gasteiger partial charge is 0.379 e. The van der Waals surface area contributed by atoms with Crippen LogP contribution in [-0.2, 0) is 14.6 Å². The molecule has 2 aromatic rings. The van der Waals surface area contributed by atoms with Gasteiger partial charge >= 0.3 is 0 Å². The molecule has 5 nitrogen and oxygen atoms in total. The normalized spacial score (nSPS) is 11.7. The maximum atomic E-state index is 10.9. The van der Waals surface area contributed by atoms with Gasteiger partial charge in [0.05, 0.1) is 19.0 Å². The third-order valence-electron chi connectivity index (χ3n) is 2.84. The number of fused-ring (bicyclic) bond motifs is 1. The van der Waals surface area contributed by atoms with E-state index in [-0.39, 0.29) is 12.4 Å². The molecule has 7 heteroatoms. The van der Waals surface area contributed by atoms with Crippen LogP contribution in [0.1, 0.15) is 0 Å². The Morgan fingerprint density at radius 3 is 2.81 bits per heavy atom. The predicted octanol–water partition coefficient (Wildman–Crippen LogP) is 2.36. The molecule has 0 bridgehead atoms. The minimum atomic E-state index is -2.97. The summed E-state index contributed by atoms with van der Waals surface area (Å²) in [4.78, 5) is 4.26. The molecule has 0 aliphatic rings. The van der Waals surface area contributed by atoms with Crippen molar-refractivity contribution in [2.75, 3.05) is 37.1 Å². The van der Waals surface area contributed by atoms with E-state index in [4.69, 9.17) is 16.3 Å². The number of ether oxygens (including phenoxy) is 1. The monoisotopic (exact) mass is 328 g/mol. The zero-order valence-electron chi connectivity index (χ0n) is 11.7. The van der Waals surface area contributed by atoms with Crippen molar-refractivity contribution >= 4 is 38.0 Å². The standard InChI is InChI=1S/C14H17ClN2O3S/c1-21(18,19)9-8-20-7-6-16-13-10-11-4-2-3-5-12(11)14(15)17-13/h2-5,10H,6-9H2,1H3,(H,16,17). The Bertz CT molecular complexity index is 719. The molecule has 0 spiro atoms. The quantitative estimate of drug-likeness (QED) is 0.624. The summed E-state index contributed by atoms with van der Waals surface area (Å²) in [7, 11) is -2.97. The molecular weight excluding hydrogens is 312 g/mol. The van der Waals surface area contributed by atoms with Gasteiger partial charge in [-0.3, -0.25) is 0 Å². The highest BCUT2D eigenvalue weighted by atomic mass is 35.5. The molecular formula is C14H17ClN2O3S. The van der Waals surface area contributed by atoms with E-state index in [1.165, 1.54) is 6.26 Å². The first-order valence-corrected chi connectivity index (χ1v) is 8.94. The first-order chi connectivity index (χ1) is 9.96. The van der Waals surface area contributed by atoms with Gasteiger partial charge in [0.15, 0.2) is 0 Å². The van der Waals surface area contributed by atoms with Crippen molar-refractivity contribution < 1.29 is 13.2 Å². The number of aromatic nitrogens is 1. The van der Waals surface area contributed by atoms with Gasteiger partial charge < -0.3 is 10.1 Å². The summed E-state index contributed by atoms with van der Waals surface area (Å²) in [6.07, 6.45) is 1.19. The topological polar surface area (TPSA) is 68.3 Å². The molecule has 0 unspecified atom stereocenters. The molecule has 0 atom stereocenters. The summed E-state index contributed by atoms with van der Waals surface area (Å²) in [5.74, 6) is 0.706. The average molecular weight is 329 g/mol. The van der Waals surface area contributed by atoms with Crippen LogP contribution < -0.4 is 5.32 Å². The second-order valence-corrected chi connectivity index (χ2v) is 7.31. The lowest BCUT2D eigenvalue weighted by atomic mass is 10.2. The molecule has 0 fully saturated rings. The van der Waals surface area contributed by atoms with Gasteiger partial charge in [0.2, 0.25) is 0 Å². The van der Waals surface area contributed by atoms with Crippen LogP contribution in [-0.4, -0.2) is 45.2 Å². The molecule has 1 N–H and O–H groups in total. The fraction of sp³-hybridized carbons (Fsp3) is 0.357. The van der Waals surface area contributed by atoms with Gasteiger partial charge in [-0.25, -0.2) is 13.4 Å². The fourth-order valence-corrected chi connectivity index (χ4v) is 2.49. The van der Waals surface area contributed by atoms with Crippen LogP contribution >= 0.6 is 11.6 Å². The molecule has 0 aliphatic heterocycles. The molecule has 1 heterocycles. The highest BCUT2D eigenvalue weighted by molar-refractivity contribution is 7.90. The van der Waals surface area contributed by atoms with Crippen molar-refractivity contribution in [3.05, 3.63) is 35.5 Å². The van der Waals surface area contributed by atoms with Crippen LogP contribution in [0.5, 0.6) is 0 Å². The number of anilines is 1. The number of halogens is 1. The van der Waals surface area contributed by atoms with Crippen molar-refractivity contribution in [3.8, 4) is 0 Å². The summed E-state index contributed by atoms with van der Waals surface area (Å²) in [6.45, 7) is 1.14. The molecule has 1 aromatic heterocycles. The molecule has 114 valence electrons. The average Bonchev–Trinajstić information content (AvgIpc) is 2.41. The second-order valence-electron chi connectivity index (χ2n) is 4.69. The minimum Gasteiger partial charge on any atom is -0.379 e. The van der Waals surface area contributed by atoms with Crippen LogP contribution in [0.4, 0.5) is 5.82 Å². The van der Waals surface area contributed by atoms with Crippen molar-refractivity contribution in [1.82, 2.24) is 4.98 Å². The van der Waals surface area contributed by atoms with E-state index in [0.717, 1.165) is 10.8 Å². The highest BCUT2D eigenvalue weighted by Crippen LogP contribution is 2.24. The van der Waals surface area contributed by atoms with Gasteiger partial charge in [0, 0.05) is 18.2 Å². The van der Waals surface area contributed by atoms with E-state index in [0.29, 0.717) is 24.1 Å². The van der Waals surface area contributed by atoms with Gasteiger partial charge in [-0.15, -0.1) is 0 Å². The van der Waals surface area contributed by atoms with E-state index >= 15 is 0 Å². The Labute approximate surface area is 129 Å². The molecule has 2 rings (SSSR count). The van der Waals surface area contributed by atoms with Crippen LogP contribution in [0.2, 0.25) is 5.15 Å². The summed E-state index contributed by atoms with van der Waals surface area (Å²) in [5.41, 5.74) is 0. The molecule has 0 radical (unpaired) electrons. The Kier molecular flexibility index (Phi) is 5.39. The summed E-state index contributed by atoms with van der Waals surface area (Å²) in [6, 6.07) is 9.66. The lowest BCUT2D eigenvalue weighted by molar-refractivity contribution is 0.159. The third kappa shape index (κ3) is 5.15. The molecule has 0 saturated heterocycles. The first-order valence-electron chi connectivity index (χ1n) is 6.50. The summed E-state index contributed by atoms with van der Waals surface area (Å²) in [5, 5.41) is 5.48. The molecule has 1 aromatic carbocycles. The van der Waals surface area contributed by atoms with Crippen LogP contribution in [0.25, 0.3) is 10.8 Å². The Morgan fingerprint density at radius 1 is 1.29 bits per heavy atom. The van der Waals surface area contributed by atoms with Crippen LogP contribution in [0, 0.1) is 0 Å². The Balaban J connectivity index is 1.84. The SMILES string of the molecule is CS(=O)(=O)CCOCCNc1cc2ccccc2c(Cl)n1. The van der Waals surface area contributed by atoms with E-state index in [9.17, 15) is 8.42 Å². The number of nitrogens with one attached hydrogen (secondary N) is 1. The lowest BCUT2D eigenvalue weighted by Gasteiger charge is -2.08. The highest BCUT2D eigenvalue weighted by Gasteiger charge is 2.04. The fourth-order valence-electron chi connectivity index (χ4n) is 1.81.